The van der Waals surface area contributed by atoms with Crippen molar-refractivity contribution < 1.29 is 19.6 Å². The highest BCUT2D eigenvalue weighted by Crippen LogP contribution is 2.26. The maximum atomic E-state index is 11.7. The molecular weight excluding hydrogens is 254 g/mol. The van der Waals surface area contributed by atoms with Crippen LogP contribution in [0.5, 0.6) is 5.75 Å². The summed E-state index contributed by atoms with van der Waals surface area (Å²) in [7, 11) is 0. The lowest BCUT2D eigenvalue weighted by Crippen LogP contribution is -2.35. The number of phenolic OH excluding ortho intramolecular Hbond substituents is 1. The maximum Gasteiger partial charge on any atom is 0.310 e. The Morgan fingerprint density at radius 3 is 2.63 bits per heavy atom. The molecule has 0 bridgehead atoms. The number of hydrogen-bond donors (Lipinski definition) is 3. The Hall–Kier alpha value is -2.64. The number of nitro groups is 1. The number of nitrogens with two attached hydrogens (primary N) is 1. The Morgan fingerprint density at radius 2 is 2.16 bits per heavy atom. The summed E-state index contributed by atoms with van der Waals surface area (Å²) >= 11 is 0. The normalized spacial score (nSPS) is 11.6. The van der Waals surface area contributed by atoms with Crippen LogP contribution in [0.4, 0.5) is 5.69 Å². The molecule has 0 spiro atoms. The molecule has 1 unspecified atom stereocenters. The number of nitrogens with zero attached hydrogens (tertiary/aromatic N) is 1. The molecule has 1 aromatic carbocycles. The van der Waals surface area contributed by atoms with Crippen molar-refractivity contribution in [1.82, 2.24) is 5.32 Å². The lowest BCUT2D eigenvalue weighted by Gasteiger charge is -2.11. The van der Waals surface area contributed by atoms with Gasteiger partial charge in [-0.15, -0.1) is 0 Å². The minimum atomic E-state index is -0.757. The fourth-order valence-electron chi connectivity index (χ4n) is 1.48. The van der Waals surface area contributed by atoms with Crippen molar-refractivity contribution in [1.29, 1.82) is 0 Å². The standard InChI is InChI=1S/C11H13N3O5/c1-6(4-10(12)16)13-11(17)7-2-3-8(14(18)19)9(15)5-7/h2-3,5-6,15H,4H2,1H3,(H2,12,16)(H,13,17). The first-order valence-electron chi connectivity index (χ1n) is 5.38. The maximum absolute atomic E-state index is 11.7. The van der Waals surface area contributed by atoms with Crippen LogP contribution in [0.15, 0.2) is 18.2 Å². The third-order valence-corrected chi connectivity index (χ3v) is 2.32. The van der Waals surface area contributed by atoms with E-state index in [2.05, 4.69) is 5.32 Å². The topological polar surface area (TPSA) is 136 Å². The van der Waals surface area contributed by atoms with Crippen LogP contribution in [0.25, 0.3) is 0 Å². The van der Waals surface area contributed by atoms with Gasteiger partial charge in [-0.1, -0.05) is 0 Å². The van der Waals surface area contributed by atoms with Crippen molar-refractivity contribution in [2.24, 2.45) is 5.73 Å². The average Bonchev–Trinajstić information content (AvgIpc) is 2.26. The minimum absolute atomic E-state index is 0.0231. The number of phenols is 1. The first kappa shape index (κ1) is 14.4. The van der Waals surface area contributed by atoms with E-state index in [0.29, 0.717) is 0 Å². The molecule has 0 radical (unpaired) electrons. The van der Waals surface area contributed by atoms with Gasteiger partial charge in [0.2, 0.25) is 5.91 Å². The molecule has 1 rings (SSSR count). The smallest absolute Gasteiger partial charge is 0.310 e. The molecule has 8 nitrogen and oxygen atoms in total. The Bertz CT molecular complexity index is 529. The minimum Gasteiger partial charge on any atom is -0.502 e. The highest BCUT2D eigenvalue weighted by Gasteiger charge is 2.17. The van der Waals surface area contributed by atoms with Gasteiger partial charge in [0.15, 0.2) is 5.75 Å². The quantitative estimate of drug-likeness (QED) is 0.520. The molecule has 19 heavy (non-hydrogen) atoms. The Balaban J connectivity index is 2.81. The summed E-state index contributed by atoms with van der Waals surface area (Å²) in [6.07, 6.45) is -0.0231. The number of nitrogens with one attached hydrogen (secondary N) is 1. The number of carbonyl (C=O) groups excluding carboxylic acids is 2. The van der Waals surface area contributed by atoms with E-state index in [1.54, 1.807) is 6.92 Å². The molecule has 4 N–H and O–H groups in total. The van der Waals surface area contributed by atoms with Gasteiger partial charge in [0.1, 0.15) is 0 Å². The van der Waals surface area contributed by atoms with Crippen LogP contribution in [0, 0.1) is 10.1 Å². The molecule has 0 aromatic heterocycles. The van der Waals surface area contributed by atoms with E-state index in [-0.39, 0.29) is 12.0 Å². The number of benzene rings is 1. The van der Waals surface area contributed by atoms with E-state index < -0.39 is 34.2 Å². The summed E-state index contributed by atoms with van der Waals surface area (Å²) in [5.74, 6) is -1.71. The van der Waals surface area contributed by atoms with Crippen LogP contribution in [0.2, 0.25) is 0 Å². The average molecular weight is 267 g/mol. The fraction of sp³-hybridized carbons (Fsp3) is 0.273. The number of amides is 2. The van der Waals surface area contributed by atoms with Gasteiger partial charge in [-0.25, -0.2) is 0 Å². The third kappa shape index (κ3) is 3.95. The van der Waals surface area contributed by atoms with Gasteiger partial charge in [0, 0.05) is 24.1 Å². The van der Waals surface area contributed by atoms with Gasteiger partial charge in [-0.05, 0) is 19.1 Å². The summed E-state index contributed by atoms with van der Waals surface area (Å²) in [6, 6.07) is 2.76. The number of hydrogen-bond acceptors (Lipinski definition) is 5. The van der Waals surface area contributed by atoms with Gasteiger partial charge in [-0.2, -0.15) is 0 Å². The van der Waals surface area contributed by atoms with Crippen molar-refractivity contribution in [3.05, 3.63) is 33.9 Å². The molecule has 102 valence electrons. The number of rotatable bonds is 5. The Labute approximate surface area is 108 Å². The van der Waals surface area contributed by atoms with Gasteiger partial charge < -0.3 is 16.2 Å². The first-order valence-corrected chi connectivity index (χ1v) is 5.38. The zero-order valence-corrected chi connectivity index (χ0v) is 10.1. The van der Waals surface area contributed by atoms with Gasteiger partial charge in [0.25, 0.3) is 5.91 Å². The van der Waals surface area contributed by atoms with Crippen molar-refractivity contribution in [2.45, 2.75) is 19.4 Å². The molecule has 8 heteroatoms. The van der Waals surface area contributed by atoms with Crippen LogP contribution in [0.3, 0.4) is 0 Å². The van der Waals surface area contributed by atoms with E-state index >= 15 is 0 Å². The number of aromatic hydroxyl groups is 1. The van der Waals surface area contributed by atoms with Crippen molar-refractivity contribution in [3.8, 4) is 5.75 Å². The second-order valence-corrected chi connectivity index (χ2v) is 4.01. The molecule has 0 saturated carbocycles. The molecule has 0 heterocycles. The summed E-state index contributed by atoms with van der Waals surface area (Å²) in [5.41, 5.74) is 4.55. The van der Waals surface area contributed by atoms with E-state index in [0.717, 1.165) is 12.1 Å². The Morgan fingerprint density at radius 1 is 1.53 bits per heavy atom. The van der Waals surface area contributed by atoms with Crippen LogP contribution in [0.1, 0.15) is 23.7 Å². The zero-order valence-electron chi connectivity index (χ0n) is 10.1. The van der Waals surface area contributed by atoms with Crippen molar-refractivity contribution in [3.63, 3.8) is 0 Å². The van der Waals surface area contributed by atoms with E-state index in [1.807, 2.05) is 0 Å². The highest BCUT2D eigenvalue weighted by molar-refractivity contribution is 5.95. The zero-order chi connectivity index (χ0) is 14.6. The first-order chi connectivity index (χ1) is 8.81. The largest absolute Gasteiger partial charge is 0.502 e. The summed E-state index contributed by atoms with van der Waals surface area (Å²) in [6.45, 7) is 1.59. The predicted molar refractivity (Wildman–Crippen MR) is 65.5 cm³/mol. The van der Waals surface area contributed by atoms with Crippen LogP contribution in [-0.2, 0) is 4.79 Å². The van der Waals surface area contributed by atoms with Gasteiger partial charge >= 0.3 is 5.69 Å². The predicted octanol–water partition coefficient (Wildman–Crippen LogP) is 0.294. The summed E-state index contributed by atoms with van der Waals surface area (Å²) in [5, 5.41) is 22.4. The highest BCUT2D eigenvalue weighted by atomic mass is 16.6. The molecule has 0 fully saturated rings. The summed E-state index contributed by atoms with van der Waals surface area (Å²) in [4.78, 5) is 32.1. The Kier molecular flexibility index (Phi) is 4.41. The second-order valence-electron chi connectivity index (χ2n) is 4.01. The van der Waals surface area contributed by atoms with Crippen LogP contribution in [-0.4, -0.2) is 27.9 Å². The second kappa shape index (κ2) is 5.80. The molecule has 2 amide bonds. The lowest BCUT2D eigenvalue weighted by atomic mass is 10.1. The summed E-state index contributed by atoms with van der Waals surface area (Å²) < 4.78 is 0. The van der Waals surface area contributed by atoms with Gasteiger partial charge in [-0.3, -0.25) is 19.7 Å². The molecule has 0 saturated heterocycles. The monoisotopic (exact) mass is 267 g/mol. The van der Waals surface area contributed by atoms with Crippen molar-refractivity contribution >= 4 is 17.5 Å². The number of carbonyl (C=O) groups is 2. The van der Waals surface area contributed by atoms with E-state index in [9.17, 15) is 24.8 Å². The molecule has 0 aliphatic heterocycles. The SMILES string of the molecule is CC(CC(N)=O)NC(=O)c1ccc([N+](=O)[O-])c(O)c1. The van der Waals surface area contributed by atoms with E-state index in [1.165, 1.54) is 6.07 Å². The molecule has 0 aliphatic rings. The number of primary amides is 1. The molecule has 0 aliphatic carbocycles. The molecular formula is C11H13N3O5. The van der Waals surface area contributed by atoms with Gasteiger partial charge in [0.05, 0.1) is 4.92 Å². The van der Waals surface area contributed by atoms with Crippen molar-refractivity contribution in [2.75, 3.05) is 0 Å². The molecule has 1 atom stereocenters. The lowest BCUT2D eigenvalue weighted by molar-refractivity contribution is -0.385. The van der Waals surface area contributed by atoms with E-state index in [4.69, 9.17) is 5.73 Å². The fourth-order valence-corrected chi connectivity index (χ4v) is 1.48. The van der Waals surface area contributed by atoms with Crippen LogP contribution < -0.4 is 11.1 Å². The van der Waals surface area contributed by atoms with Crippen LogP contribution >= 0.6 is 0 Å². The molecule has 1 aromatic rings. The number of nitro benzene ring substituents is 1. The third-order valence-electron chi connectivity index (χ3n) is 2.32.